The number of H-pyrrole nitrogens is 1. The van der Waals surface area contributed by atoms with E-state index in [9.17, 15) is 0 Å². The van der Waals surface area contributed by atoms with Gasteiger partial charge in [-0.15, -0.1) is 0 Å². The minimum absolute atomic E-state index is 0.327. The summed E-state index contributed by atoms with van der Waals surface area (Å²) in [4.78, 5) is 15.8. The molecule has 2 N–H and O–H groups in total. The number of benzene rings is 1. The average molecular weight is 349 g/mol. The van der Waals surface area contributed by atoms with Gasteiger partial charge in [-0.05, 0) is 18.2 Å². The van der Waals surface area contributed by atoms with Crippen molar-refractivity contribution in [1.29, 1.82) is 0 Å². The van der Waals surface area contributed by atoms with Crippen molar-refractivity contribution in [2.75, 3.05) is 7.11 Å². The molecule has 0 spiro atoms. The second kappa shape index (κ2) is 6.77. The normalized spacial score (nSPS) is 11.6. The van der Waals surface area contributed by atoms with E-state index in [2.05, 4.69) is 25.1 Å². The summed E-state index contributed by atoms with van der Waals surface area (Å²) >= 11 is 0. The number of hydrogen-bond donors (Lipinski definition) is 2. The van der Waals surface area contributed by atoms with E-state index in [4.69, 9.17) is 14.7 Å². The van der Waals surface area contributed by atoms with E-state index in [1.165, 1.54) is 6.21 Å². The molecule has 0 aliphatic heterocycles. The summed E-state index contributed by atoms with van der Waals surface area (Å²) in [5.74, 6) is 1.05. The van der Waals surface area contributed by atoms with Gasteiger partial charge in [0.25, 0.3) is 0 Å². The lowest BCUT2D eigenvalue weighted by Gasteiger charge is -2.07. The molecule has 3 heterocycles. The first kappa shape index (κ1) is 16.0. The topological polar surface area (TPSA) is 106 Å². The summed E-state index contributed by atoms with van der Waals surface area (Å²) in [6.07, 6.45) is 7.71. The Balaban J connectivity index is 1.90. The van der Waals surface area contributed by atoms with Gasteiger partial charge in [0.2, 0.25) is 5.88 Å². The van der Waals surface area contributed by atoms with E-state index in [0.29, 0.717) is 23.9 Å². The van der Waals surface area contributed by atoms with Crippen molar-refractivity contribution >= 4 is 28.0 Å². The summed E-state index contributed by atoms with van der Waals surface area (Å²) in [5.41, 5.74) is 3.16. The average Bonchev–Trinajstić information content (AvgIpc) is 3.03. The maximum atomic E-state index is 8.90. The number of methoxy groups -OCH3 is 1. The van der Waals surface area contributed by atoms with Gasteiger partial charge in [-0.25, -0.2) is 4.98 Å². The fourth-order valence-corrected chi connectivity index (χ4v) is 2.93. The number of hydrogen-bond acceptors (Lipinski definition) is 7. The predicted molar refractivity (Wildman–Crippen MR) is 95.8 cm³/mol. The summed E-state index contributed by atoms with van der Waals surface area (Å²) in [5, 5.41) is 13.9. The van der Waals surface area contributed by atoms with Gasteiger partial charge < -0.3 is 19.7 Å². The molecule has 8 nitrogen and oxygen atoms in total. The van der Waals surface area contributed by atoms with Crippen molar-refractivity contribution in [3.63, 3.8) is 0 Å². The van der Waals surface area contributed by atoms with Crippen molar-refractivity contribution in [3.8, 4) is 11.6 Å². The quantitative estimate of drug-likeness (QED) is 0.325. The predicted octanol–water partition coefficient (Wildman–Crippen LogP) is 3.25. The highest BCUT2D eigenvalue weighted by molar-refractivity contribution is 6.10. The number of nitrogens with one attached hydrogen (secondary N) is 1. The van der Waals surface area contributed by atoms with Crippen LogP contribution in [-0.4, -0.2) is 38.5 Å². The van der Waals surface area contributed by atoms with Crippen LogP contribution in [0.1, 0.15) is 11.3 Å². The van der Waals surface area contributed by atoms with Crippen molar-refractivity contribution in [1.82, 2.24) is 19.9 Å². The van der Waals surface area contributed by atoms with Crippen LogP contribution in [0.2, 0.25) is 0 Å². The Bertz CT molecular complexity index is 1090. The van der Waals surface area contributed by atoms with Crippen LogP contribution in [0.3, 0.4) is 0 Å². The molecule has 0 bridgehead atoms. The summed E-state index contributed by atoms with van der Waals surface area (Å²) in [6, 6.07) is 5.70. The lowest BCUT2D eigenvalue weighted by Crippen LogP contribution is -1.99. The largest absolute Gasteiger partial charge is 0.437 e. The van der Waals surface area contributed by atoms with Crippen molar-refractivity contribution in [2.45, 2.75) is 6.61 Å². The molecule has 0 aliphatic rings. The molecule has 0 aliphatic carbocycles. The molecule has 0 fully saturated rings. The van der Waals surface area contributed by atoms with E-state index < -0.39 is 0 Å². The Hall–Kier alpha value is -3.52. The Kier molecular flexibility index (Phi) is 4.16. The molecule has 26 heavy (non-hydrogen) atoms. The minimum atomic E-state index is 0.327. The standard InChI is InChI=1S/C18H15N5O3/c1-25-10-13-15(8-22-24)21-7-16-18(13)12-6-11(2-3-14(12)23-16)26-17-9-19-4-5-20-17/h2-9,23-24H,10H2,1H3. The Morgan fingerprint density at radius 2 is 2.12 bits per heavy atom. The number of fused-ring (bicyclic) bond motifs is 3. The Morgan fingerprint density at radius 3 is 2.88 bits per heavy atom. The second-order valence-corrected chi connectivity index (χ2v) is 5.57. The first-order valence-electron chi connectivity index (χ1n) is 7.83. The summed E-state index contributed by atoms with van der Waals surface area (Å²) < 4.78 is 11.1. The molecule has 0 atom stereocenters. The minimum Gasteiger partial charge on any atom is -0.437 e. The zero-order valence-electron chi connectivity index (χ0n) is 13.9. The number of aromatic amines is 1. The van der Waals surface area contributed by atoms with Gasteiger partial charge >= 0.3 is 0 Å². The van der Waals surface area contributed by atoms with Crippen molar-refractivity contribution in [3.05, 3.63) is 54.2 Å². The third kappa shape index (κ3) is 2.82. The molecule has 0 amide bonds. The molecule has 4 aromatic rings. The van der Waals surface area contributed by atoms with Gasteiger partial charge in [0.05, 0.1) is 36.4 Å². The Morgan fingerprint density at radius 1 is 1.19 bits per heavy atom. The monoisotopic (exact) mass is 349 g/mol. The highest BCUT2D eigenvalue weighted by atomic mass is 16.5. The van der Waals surface area contributed by atoms with E-state index in [1.54, 1.807) is 31.9 Å². The maximum absolute atomic E-state index is 8.90. The SMILES string of the molecule is COCc1c(C=NO)ncc2[nH]c3ccc(Oc4cnccn4)cc3c12. The van der Waals surface area contributed by atoms with Crippen LogP contribution >= 0.6 is 0 Å². The highest BCUT2D eigenvalue weighted by Gasteiger charge is 2.14. The van der Waals surface area contributed by atoms with Gasteiger partial charge in [-0.3, -0.25) is 9.97 Å². The summed E-state index contributed by atoms with van der Waals surface area (Å²) in [7, 11) is 1.61. The number of oxime groups is 1. The van der Waals surface area contributed by atoms with E-state index >= 15 is 0 Å². The zero-order valence-corrected chi connectivity index (χ0v) is 13.9. The van der Waals surface area contributed by atoms with E-state index in [0.717, 1.165) is 27.4 Å². The van der Waals surface area contributed by atoms with E-state index in [-0.39, 0.29) is 0 Å². The van der Waals surface area contributed by atoms with Crippen LogP contribution in [0.25, 0.3) is 21.8 Å². The van der Waals surface area contributed by atoms with E-state index in [1.807, 2.05) is 18.2 Å². The van der Waals surface area contributed by atoms with Crippen LogP contribution in [-0.2, 0) is 11.3 Å². The molecule has 4 rings (SSSR count). The van der Waals surface area contributed by atoms with Gasteiger partial charge in [-0.2, -0.15) is 0 Å². The van der Waals surface area contributed by atoms with Gasteiger partial charge in [0.1, 0.15) is 5.75 Å². The highest BCUT2D eigenvalue weighted by Crippen LogP contribution is 2.33. The second-order valence-electron chi connectivity index (χ2n) is 5.57. The van der Waals surface area contributed by atoms with Crippen molar-refractivity contribution < 1.29 is 14.7 Å². The maximum Gasteiger partial charge on any atom is 0.237 e. The van der Waals surface area contributed by atoms with Crippen LogP contribution in [0.15, 0.2) is 48.1 Å². The van der Waals surface area contributed by atoms with Crippen LogP contribution in [0, 0.1) is 0 Å². The number of nitrogens with zero attached hydrogens (tertiary/aromatic N) is 4. The van der Waals surface area contributed by atoms with Gasteiger partial charge in [0, 0.05) is 41.4 Å². The fraction of sp³-hybridized carbons (Fsp3) is 0.111. The summed E-state index contributed by atoms with van der Waals surface area (Å²) in [6.45, 7) is 0.327. The molecule has 0 saturated carbocycles. The molecule has 130 valence electrons. The molecule has 1 aromatic carbocycles. The van der Waals surface area contributed by atoms with Gasteiger partial charge in [0.15, 0.2) is 0 Å². The fourth-order valence-electron chi connectivity index (χ4n) is 2.93. The Labute approximate surface area is 148 Å². The number of ether oxygens (including phenoxy) is 2. The first-order chi connectivity index (χ1) is 12.8. The lowest BCUT2D eigenvalue weighted by molar-refractivity contribution is 0.185. The molecule has 3 aromatic heterocycles. The third-order valence-corrected chi connectivity index (χ3v) is 3.97. The molecule has 8 heteroatoms. The molecular formula is C18H15N5O3. The number of aromatic nitrogens is 4. The third-order valence-electron chi connectivity index (χ3n) is 3.97. The number of rotatable bonds is 5. The smallest absolute Gasteiger partial charge is 0.237 e. The molecular weight excluding hydrogens is 334 g/mol. The van der Waals surface area contributed by atoms with Crippen LogP contribution in [0.4, 0.5) is 0 Å². The molecule has 0 saturated heterocycles. The lowest BCUT2D eigenvalue weighted by atomic mass is 10.1. The van der Waals surface area contributed by atoms with Gasteiger partial charge in [-0.1, -0.05) is 5.16 Å². The number of pyridine rings is 1. The van der Waals surface area contributed by atoms with Crippen molar-refractivity contribution in [2.24, 2.45) is 5.16 Å². The molecule has 0 unspecified atom stereocenters. The van der Waals surface area contributed by atoms with Crippen LogP contribution in [0.5, 0.6) is 11.6 Å². The van der Waals surface area contributed by atoms with Crippen LogP contribution < -0.4 is 4.74 Å². The first-order valence-corrected chi connectivity index (χ1v) is 7.83. The molecule has 0 radical (unpaired) electrons. The zero-order chi connectivity index (χ0) is 17.9.